The number of nitrogens with one attached hydrogen (secondary N) is 2. The van der Waals surface area contributed by atoms with Crippen LogP contribution >= 0.6 is 0 Å². The Morgan fingerprint density at radius 1 is 1.09 bits per heavy atom. The average Bonchev–Trinajstić information content (AvgIpc) is 3.30. The van der Waals surface area contributed by atoms with E-state index in [1.54, 1.807) is 12.1 Å². The average molecular weight is 318 g/mol. The summed E-state index contributed by atoms with van der Waals surface area (Å²) in [5, 5.41) is 14.5. The Morgan fingerprint density at radius 3 is 2.04 bits per heavy atom. The molecule has 0 aromatic heterocycles. The van der Waals surface area contributed by atoms with Crippen LogP contribution in [0.1, 0.15) is 53.8 Å². The Labute approximate surface area is 135 Å². The lowest BCUT2D eigenvalue weighted by Crippen LogP contribution is -2.41. The minimum absolute atomic E-state index is 0.150. The number of carboxylic acid groups (broad SMARTS) is 1. The molecule has 124 valence electrons. The third-order valence-corrected chi connectivity index (χ3v) is 3.63. The van der Waals surface area contributed by atoms with Crippen molar-refractivity contribution in [3.63, 3.8) is 0 Å². The highest BCUT2D eigenvalue weighted by Gasteiger charge is 2.24. The number of hydrogen-bond donors (Lipinski definition) is 3. The second kappa shape index (κ2) is 7.26. The number of rotatable bonds is 7. The molecule has 1 aromatic rings. The largest absolute Gasteiger partial charge is 0.480 e. The molecule has 2 rings (SSSR count). The first-order chi connectivity index (χ1) is 10.9. The van der Waals surface area contributed by atoms with Crippen LogP contribution in [0.2, 0.25) is 0 Å². The van der Waals surface area contributed by atoms with Crippen LogP contribution in [0.3, 0.4) is 0 Å². The van der Waals surface area contributed by atoms with Gasteiger partial charge in [-0.3, -0.25) is 9.59 Å². The molecule has 23 heavy (non-hydrogen) atoms. The number of hydrogen-bond acceptors (Lipinski definition) is 3. The third kappa shape index (κ3) is 5.09. The van der Waals surface area contributed by atoms with Gasteiger partial charge in [-0.05, 0) is 49.4 Å². The van der Waals surface area contributed by atoms with Gasteiger partial charge in [0.05, 0.1) is 0 Å². The number of carbonyl (C=O) groups is 3. The third-order valence-electron chi connectivity index (χ3n) is 3.63. The van der Waals surface area contributed by atoms with Gasteiger partial charge in [-0.15, -0.1) is 0 Å². The highest BCUT2D eigenvalue weighted by molar-refractivity contribution is 5.99. The molecule has 6 heteroatoms. The molecular formula is C17H22N2O4. The maximum Gasteiger partial charge on any atom is 0.326 e. The lowest BCUT2D eigenvalue weighted by molar-refractivity contribution is -0.139. The predicted octanol–water partition coefficient (Wildman–Crippen LogP) is 1.81. The molecule has 1 saturated carbocycles. The standard InChI is InChI=1S/C17H22N2O4/c1-10(2)9-14(17(22)23)19-16(21)12-5-3-11(4-6-12)15(20)18-13-7-8-13/h3-6,10,13-14H,7-9H2,1-2H3,(H,18,20)(H,19,21)(H,22,23)/t14-/m0/s1. The monoisotopic (exact) mass is 318 g/mol. The van der Waals surface area contributed by atoms with Gasteiger partial charge >= 0.3 is 5.97 Å². The van der Waals surface area contributed by atoms with E-state index in [0.29, 0.717) is 17.5 Å². The van der Waals surface area contributed by atoms with Gasteiger partial charge in [-0.2, -0.15) is 0 Å². The van der Waals surface area contributed by atoms with Crippen molar-refractivity contribution in [1.29, 1.82) is 0 Å². The molecule has 0 unspecified atom stereocenters. The zero-order valence-electron chi connectivity index (χ0n) is 13.3. The Bertz CT molecular complexity index is 591. The van der Waals surface area contributed by atoms with Crippen LogP contribution in [0.15, 0.2) is 24.3 Å². The Hall–Kier alpha value is -2.37. The summed E-state index contributed by atoms with van der Waals surface area (Å²) < 4.78 is 0. The number of amides is 2. The smallest absolute Gasteiger partial charge is 0.326 e. The van der Waals surface area contributed by atoms with E-state index in [1.165, 1.54) is 12.1 Å². The minimum Gasteiger partial charge on any atom is -0.480 e. The number of carbonyl (C=O) groups excluding carboxylic acids is 2. The van der Waals surface area contributed by atoms with Crippen molar-refractivity contribution in [3.8, 4) is 0 Å². The molecule has 0 heterocycles. The molecule has 0 aliphatic heterocycles. The summed E-state index contributed by atoms with van der Waals surface area (Å²) in [5.41, 5.74) is 0.827. The van der Waals surface area contributed by atoms with Crippen LogP contribution in [-0.2, 0) is 4.79 Å². The Morgan fingerprint density at radius 2 is 1.61 bits per heavy atom. The zero-order chi connectivity index (χ0) is 17.0. The summed E-state index contributed by atoms with van der Waals surface area (Å²) in [7, 11) is 0. The summed E-state index contributed by atoms with van der Waals surface area (Å²) >= 11 is 0. The van der Waals surface area contributed by atoms with Gasteiger partial charge in [0.2, 0.25) is 0 Å². The van der Waals surface area contributed by atoms with Crippen LogP contribution in [0.5, 0.6) is 0 Å². The van der Waals surface area contributed by atoms with Crippen LogP contribution < -0.4 is 10.6 Å². The van der Waals surface area contributed by atoms with Gasteiger partial charge < -0.3 is 15.7 Å². The Kier molecular flexibility index (Phi) is 5.36. The van der Waals surface area contributed by atoms with Gasteiger partial charge in [0.1, 0.15) is 6.04 Å². The molecule has 3 N–H and O–H groups in total. The van der Waals surface area contributed by atoms with E-state index in [9.17, 15) is 14.4 Å². The SMILES string of the molecule is CC(C)C[C@H](NC(=O)c1ccc(C(=O)NC2CC2)cc1)C(=O)O. The van der Waals surface area contributed by atoms with E-state index in [-0.39, 0.29) is 17.9 Å². The van der Waals surface area contributed by atoms with E-state index in [4.69, 9.17) is 5.11 Å². The van der Waals surface area contributed by atoms with Gasteiger partial charge in [0.15, 0.2) is 0 Å². The van der Waals surface area contributed by atoms with Gasteiger partial charge in [0, 0.05) is 17.2 Å². The topological polar surface area (TPSA) is 95.5 Å². The fraction of sp³-hybridized carbons (Fsp3) is 0.471. The van der Waals surface area contributed by atoms with Crippen molar-refractivity contribution in [1.82, 2.24) is 10.6 Å². The zero-order valence-corrected chi connectivity index (χ0v) is 13.3. The molecule has 1 atom stereocenters. The highest BCUT2D eigenvalue weighted by Crippen LogP contribution is 2.19. The molecule has 0 bridgehead atoms. The molecule has 1 fully saturated rings. The molecule has 0 spiro atoms. The summed E-state index contributed by atoms with van der Waals surface area (Å²) in [6.45, 7) is 3.80. The first kappa shape index (κ1) is 17.0. The van der Waals surface area contributed by atoms with Crippen molar-refractivity contribution >= 4 is 17.8 Å². The van der Waals surface area contributed by atoms with E-state index in [2.05, 4.69) is 10.6 Å². The van der Waals surface area contributed by atoms with Gasteiger partial charge in [0.25, 0.3) is 11.8 Å². The maximum atomic E-state index is 12.1. The van der Waals surface area contributed by atoms with E-state index in [1.807, 2.05) is 13.8 Å². The highest BCUT2D eigenvalue weighted by atomic mass is 16.4. The number of benzene rings is 1. The molecular weight excluding hydrogens is 296 g/mol. The fourth-order valence-electron chi connectivity index (χ4n) is 2.20. The second-order valence-corrected chi connectivity index (χ2v) is 6.32. The molecule has 2 amide bonds. The van der Waals surface area contributed by atoms with E-state index >= 15 is 0 Å². The van der Waals surface area contributed by atoms with Crippen LogP contribution in [-0.4, -0.2) is 35.0 Å². The summed E-state index contributed by atoms with van der Waals surface area (Å²) in [4.78, 5) is 35.2. The van der Waals surface area contributed by atoms with Crippen LogP contribution in [0.25, 0.3) is 0 Å². The van der Waals surface area contributed by atoms with E-state index in [0.717, 1.165) is 12.8 Å². The van der Waals surface area contributed by atoms with Gasteiger partial charge in [-0.25, -0.2) is 4.79 Å². The number of aliphatic carboxylic acids is 1. The molecule has 0 saturated heterocycles. The lowest BCUT2D eigenvalue weighted by Gasteiger charge is -2.16. The van der Waals surface area contributed by atoms with Gasteiger partial charge in [-0.1, -0.05) is 13.8 Å². The molecule has 6 nitrogen and oxygen atoms in total. The van der Waals surface area contributed by atoms with Crippen molar-refractivity contribution in [2.45, 2.75) is 45.2 Å². The molecule has 1 aliphatic rings. The number of carboxylic acids is 1. The van der Waals surface area contributed by atoms with Crippen molar-refractivity contribution in [3.05, 3.63) is 35.4 Å². The predicted molar refractivity (Wildman–Crippen MR) is 85.3 cm³/mol. The van der Waals surface area contributed by atoms with Crippen molar-refractivity contribution < 1.29 is 19.5 Å². The lowest BCUT2D eigenvalue weighted by atomic mass is 10.0. The van der Waals surface area contributed by atoms with Crippen LogP contribution in [0, 0.1) is 5.92 Å². The first-order valence-electron chi connectivity index (χ1n) is 7.81. The first-order valence-corrected chi connectivity index (χ1v) is 7.81. The maximum absolute atomic E-state index is 12.1. The van der Waals surface area contributed by atoms with Crippen LogP contribution in [0.4, 0.5) is 0 Å². The normalized spacial score (nSPS) is 15.1. The Balaban J connectivity index is 1.98. The summed E-state index contributed by atoms with van der Waals surface area (Å²) in [6, 6.07) is 5.57. The van der Waals surface area contributed by atoms with Crippen molar-refractivity contribution in [2.75, 3.05) is 0 Å². The fourth-order valence-corrected chi connectivity index (χ4v) is 2.20. The summed E-state index contributed by atoms with van der Waals surface area (Å²) in [6.07, 6.45) is 2.39. The minimum atomic E-state index is -1.05. The van der Waals surface area contributed by atoms with Crippen molar-refractivity contribution in [2.24, 2.45) is 5.92 Å². The molecule has 0 radical (unpaired) electrons. The second-order valence-electron chi connectivity index (χ2n) is 6.32. The summed E-state index contributed by atoms with van der Waals surface area (Å²) in [5.74, 6) is -1.49. The van der Waals surface area contributed by atoms with E-state index < -0.39 is 17.9 Å². The quantitative estimate of drug-likeness (QED) is 0.714. The molecule has 1 aliphatic carbocycles. The molecule has 1 aromatic carbocycles.